The van der Waals surface area contributed by atoms with E-state index in [0.29, 0.717) is 12.1 Å². The van der Waals surface area contributed by atoms with Crippen LogP contribution in [0.1, 0.15) is 21.5 Å². The summed E-state index contributed by atoms with van der Waals surface area (Å²) >= 11 is 0. The number of rotatable bonds is 4. The van der Waals surface area contributed by atoms with Gasteiger partial charge in [-0.2, -0.15) is 0 Å². The Morgan fingerprint density at radius 1 is 1.13 bits per heavy atom. The molecule has 0 saturated heterocycles. The third-order valence-corrected chi connectivity index (χ3v) is 3.79. The van der Waals surface area contributed by atoms with Gasteiger partial charge in [-0.15, -0.1) is 0 Å². The summed E-state index contributed by atoms with van der Waals surface area (Å²) < 4.78 is 6.89. The van der Waals surface area contributed by atoms with Crippen LogP contribution in [0, 0.1) is 6.92 Å². The van der Waals surface area contributed by atoms with E-state index in [1.165, 1.54) is 12.7 Å². The van der Waals surface area contributed by atoms with Crippen LogP contribution in [-0.4, -0.2) is 22.6 Å². The largest absolute Gasteiger partial charge is 0.465 e. The number of aromatic nitrogens is 2. The highest BCUT2D eigenvalue weighted by atomic mass is 16.5. The molecule has 23 heavy (non-hydrogen) atoms. The van der Waals surface area contributed by atoms with Gasteiger partial charge in [0.15, 0.2) is 0 Å². The van der Waals surface area contributed by atoms with Crippen molar-refractivity contribution in [2.75, 3.05) is 7.11 Å². The van der Waals surface area contributed by atoms with Gasteiger partial charge in [-0.1, -0.05) is 48.0 Å². The molecule has 4 nitrogen and oxygen atoms in total. The van der Waals surface area contributed by atoms with Gasteiger partial charge in [-0.05, 0) is 18.6 Å². The van der Waals surface area contributed by atoms with Crippen LogP contribution in [0.5, 0.6) is 0 Å². The number of methoxy groups -OCH3 is 1. The molecule has 0 saturated carbocycles. The zero-order chi connectivity index (χ0) is 16.2. The first-order valence-electron chi connectivity index (χ1n) is 7.43. The number of carbonyl (C=O) groups excluding carboxylic acids is 1. The molecule has 0 unspecified atom stereocenters. The smallest absolute Gasteiger partial charge is 0.338 e. The first-order chi connectivity index (χ1) is 11.2. The number of carbonyl (C=O) groups is 1. The number of nitrogens with zero attached hydrogens (tertiary/aromatic N) is 2. The highest BCUT2D eigenvalue weighted by molar-refractivity contribution is 5.91. The maximum absolute atomic E-state index is 11.9. The fraction of sp³-hybridized carbons (Fsp3) is 0.158. The number of esters is 1. The lowest BCUT2D eigenvalue weighted by atomic mass is 10.1. The average molecular weight is 306 g/mol. The van der Waals surface area contributed by atoms with Crippen molar-refractivity contribution in [3.8, 4) is 11.4 Å². The van der Waals surface area contributed by atoms with Crippen LogP contribution in [0.25, 0.3) is 11.4 Å². The molecular weight excluding hydrogens is 288 g/mol. The Kier molecular flexibility index (Phi) is 4.24. The molecule has 2 aromatic carbocycles. The van der Waals surface area contributed by atoms with Crippen molar-refractivity contribution in [1.82, 2.24) is 9.55 Å². The van der Waals surface area contributed by atoms with Gasteiger partial charge >= 0.3 is 5.97 Å². The Balaban J connectivity index is 1.95. The minimum Gasteiger partial charge on any atom is -0.465 e. The number of hydrogen-bond acceptors (Lipinski definition) is 3. The fourth-order valence-electron chi connectivity index (χ4n) is 2.55. The van der Waals surface area contributed by atoms with E-state index in [0.717, 1.165) is 17.0 Å². The number of aryl methyl sites for hydroxylation is 1. The molecule has 0 amide bonds. The highest BCUT2D eigenvalue weighted by Crippen LogP contribution is 2.20. The number of ether oxygens (including phenoxy) is 1. The molecule has 3 aromatic rings. The van der Waals surface area contributed by atoms with Gasteiger partial charge in [0.2, 0.25) is 0 Å². The Hall–Kier alpha value is -2.88. The van der Waals surface area contributed by atoms with Crippen LogP contribution in [0.15, 0.2) is 60.9 Å². The number of imidazole rings is 1. The average Bonchev–Trinajstić information content (AvgIpc) is 3.03. The van der Waals surface area contributed by atoms with Crippen molar-refractivity contribution < 1.29 is 9.53 Å². The molecular formula is C19H18N2O2. The van der Waals surface area contributed by atoms with Gasteiger partial charge in [-0.25, -0.2) is 9.78 Å². The van der Waals surface area contributed by atoms with E-state index in [2.05, 4.69) is 36.2 Å². The maximum atomic E-state index is 11.9. The minimum atomic E-state index is -0.322. The van der Waals surface area contributed by atoms with E-state index < -0.39 is 0 Å². The zero-order valence-electron chi connectivity index (χ0n) is 13.2. The summed E-state index contributed by atoms with van der Waals surface area (Å²) in [5.41, 5.74) is 3.75. The molecule has 1 aromatic heterocycles. The molecule has 0 N–H and O–H groups in total. The lowest BCUT2D eigenvalue weighted by Crippen LogP contribution is -2.09. The molecule has 0 aliphatic rings. The quantitative estimate of drug-likeness (QED) is 0.690. The van der Waals surface area contributed by atoms with Gasteiger partial charge < -0.3 is 9.30 Å². The van der Waals surface area contributed by atoms with Crippen LogP contribution in [0.3, 0.4) is 0 Å². The predicted molar refractivity (Wildman–Crippen MR) is 89.3 cm³/mol. The van der Waals surface area contributed by atoms with E-state index in [1.54, 1.807) is 12.3 Å². The van der Waals surface area contributed by atoms with Crippen LogP contribution in [0.2, 0.25) is 0 Å². The molecule has 0 aliphatic carbocycles. The molecule has 116 valence electrons. The van der Waals surface area contributed by atoms with Crippen molar-refractivity contribution in [2.45, 2.75) is 13.5 Å². The molecule has 0 fully saturated rings. The molecule has 0 aliphatic heterocycles. The standard InChI is InChI=1S/C19H18N2O2/c1-14-7-9-15(10-8-14)18-20-11-12-21(18)13-16-5-3-4-6-17(16)19(22)23-2/h3-12H,13H2,1-2H3. The summed E-state index contributed by atoms with van der Waals surface area (Å²) in [6.45, 7) is 2.62. The minimum absolute atomic E-state index is 0.322. The van der Waals surface area contributed by atoms with Crippen molar-refractivity contribution in [2.24, 2.45) is 0 Å². The Morgan fingerprint density at radius 3 is 2.61 bits per heavy atom. The number of hydrogen-bond donors (Lipinski definition) is 0. The summed E-state index contributed by atoms with van der Waals surface area (Å²) in [6.07, 6.45) is 3.69. The first kappa shape index (κ1) is 15.0. The van der Waals surface area contributed by atoms with Gasteiger partial charge in [0, 0.05) is 24.5 Å². The molecule has 4 heteroatoms. The second-order valence-electron chi connectivity index (χ2n) is 5.39. The van der Waals surface area contributed by atoms with Crippen molar-refractivity contribution >= 4 is 5.97 Å². The lowest BCUT2D eigenvalue weighted by Gasteiger charge is -2.11. The predicted octanol–water partition coefficient (Wildman–Crippen LogP) is 3.69. The second-order valence-corrected chi connectivity index (χ2v) is 5.39. The molecule has 0 bridgehead atoms. The van der Waals surface area contributed by atoms with Crippen LogP contribution < -0.4 is 0 Å². The fourth-order valence-corrected chi connectivity index (χ4v) is 2.55. The van der Waals surface area contributed by atoms with Crippen molar-refractivity contribution in [3.05, 3.63) is 77.6 Å². The summed E-state index contributed by atoms with van der Waals surface area (Å²) in [5, 5.41) is 0. The van der Waals surface area contributed by atoms with E-state index >= 15 is 0 Å². The Labute approximate surface area is 135 Å². The lowest BCUT2D eigenvalue weighted by molar-refractivity contribution is 0.0599. The SMILES string of the molecule is COC(=O)c1ccccc1Cn1ccnc1-c1ccc(C)cc1. The van der Waals surface area contributed by atoms with Crippen molar-refractivity contribution in [1.29, 1.82) is 0 Å². The second kappa shape index (κ2) is 6.48. The number of benzene rings is 2. The summed E-state index contributed by atoms with van der Waals surface area (Å²) in [5.74, 6) is 0.558. The monoisotopic (exact) mass is 306 g/mol. The van der Waals surface area contributed by atoms with E-state index in [1.807, 2.05) is 29.0 Å². The van der Waals surface area contributed by atoms with E-state index in [9.17, 15) is 4.79 Å². The molecule has 0 spiro atoms. The van der Waals surface area contributed by atoms with Gasteiger partial charge in [0.05, 0.1) is 12.7 Å². The van der Waals surface area contributed by atoms with Crippen molar-refractivity contribution in [3.63, 3.8) is 0 Å². The zero-order valence-corrected chi connectivity index (χ0v) is 13.2. The Bertz CT molecular complexity index is 819. The summed E-state index contributed by atoms with van der Waals surface area (Å²) in [4.78, 5) is 16.4. The molecule has 0 radical (unpaired) electrons. The Morgan fingerprint density at radius 2 is 1.87 bits per heavy atom. The van der Waals surface area contributed by atoms with E-state index in [-0.39, 0.29) is 5.97 Å². The third kappa shape index (κ3) is 3.16. The van der Waals surface area contributed by atoms with Crippen LogP contribution in [0.4, 0.5) is 0 Å². The van der Waals surface area contributed by atoms with Crippen LogP contribution >= 0.6 is 0 Å². The van der Waals surface area contributed by atoms with E-state index in [4.69, 9.17) is 4.74 Å². The normalized spacial score (nSPS) is 10.5. The van der Waals surface area contributed by atoms with Crippen LogP contribution in [-0.2, 0) is 11.3 Å². The summed E-state index contributed by atoms with van der Waals surface area (Å²) in [7, 11) is 1.40. The molecule has 1 heterocycles. The summed E-state index contributed by atoms with van der Waals surface area (Å²) in [6, 6.07) is 15.7. The maximum Gasteiger partial charge on any atom is 0.338 e. The molecule has 0 atom stereocenters. The first-order valence-corrected chi connectivity index (χ1v) is 7.43. The van der Waals surface area contributed by atoms with Gasteiger partial charge in [-0.3, -0.25) is 0 Å². The molecule has 3 rings (SSSR count). The van der Waals surface area contributed by atoms with Gasteiger partial charge in [0.25, 0.3) is 0 Å². The topological polar surface area (TPSA) is 44.1 Å². The highest BCUT2D eigenvalue weighted by Gasteiger charge is 2.13. The third-order valence-electron chi connectivity index (χ3n) is 3.79. The van der Waals surface area contributed by atoms with Gasteiger partial charge in [0.1, 0.15) is 5.82 Å².